The van der Waals surface area contributed by atoms with Gasteiger partial charge in [0.2, 0.25) is 5.89 Å². The summed E-state index contributed by atoms with van der Waals surface area (Å²) < 4.78 is 5.91. The Morgan fingerprint density at radius 2 is 2.03 bits per heavy atom. The zero-order valence-corrected chi connectivity index (χ0v) is 18.5. The SMILES string of the molecule is Cc1ccc(-c2nc3c(C(=O)NCCC4CCCC(C)N4C)cc(Cl)cc3o2)cc1. The monoisotopic (exact) mass is 425 g/mol. The van der Waals surface area contributed by atoms with Crippen molar-refractivity contribution in [2.75, 3.05) is 13.6 Å². The molecular formula is C24H28ClN3O2. The van der Waals surface area contributed by atoms with E-state index in [1.807, 2.05) is 31.2 Å². The number of hydrogen-bond acceptors (Lipinski definition) is 4. The number of oxazole rings is 1. The van der Waals surface area contributed by atoms with E-state index in [4.69, 9.17) is 16.0 Å². The smallest absolute Gasteiger partial charge is 0.253 e. The van der Waals surface area contributed by atoms with Crippen LogP contribution in [0.3, 0.4) is 0 Å². The standard InChI is InChI=1S/C24H28ClN3O2/c1-15-7-9-17(10-8-15)24-27-22-20(13-18(25)14-21(22)30-24)23(29)26-12-11-19-6-4-5-16(2)28(19)3/h7-10,13-14,16,19H,4-6,11-12H2,1-3H3,(H,26,29). The summed E-state index contributed by atoms with van der Waals surface area (Å²) in [7, 11) is 2.18. The molecule has 2 aromatic carbocycles. The molecule has 2 heterocycles. The van der Waals surface area contributed by atoms with E-state index >= 15 is 0 Å². The van der Waals surface area contributed by atoms with Crippen molar-refractivity contribution in [1.82, 2.24) is 15.2 Å². The van der Waals surface area contributed by atoms with Crippen molar-refractivity contribution < 1.29 is 9.21 Å². The first-order valence-electron chi connectivity index (χ1n) is 10.6. The van der Waals surface area contributed by atoms with E-state index in [2.05, 4.69) is 29.2 Å². The van der Waals surface area contributed by atoms with Crippen LogP contribution in [0.4, 0.5) is 0 Å². The molecule has 3 aromatic rings. The second-order valence-corrected chi connectivity index (χ2v) is 8.77. The van der Waals surface area contributed by atoms with Gasteiger partial charge in [-0.1, -0.05) is 35.7 Å². The van der Waals surface area contributed by atoms with Crippen LogP contribution in [0.2, 0.25) is 5.02 Å². The number of fused-ring (bicyclic) bond motifs is 1. The molecule has 1 aliphatic heterocycles. The lowest BCUT2D eigenvalue weighted by atomic mass is 9.95. The number of rotatable bonds is 5. The van der Waals surface area contributed by atoms with Gasteiger partial charge in [0.05, 0.1) is 5.56 Å². The Balaban J connectivity index is 1.51. The van der Waals surface area contributed by atoms with Gasteiger partial charge in [0.25, 0.3) is 5.91 Å². The molecule has 1 aliphatic rings. The van der Waals surface area contributed by atoms with Gasteiger partial charge < -0.3 is 14.6 Å². The molecule has 1 saturated heterocycles. The molecule has 1 amide bonds. The molecule has 5 nitrogen and oxygen atoms in total. The molecule has 1 aromatic heterocycles. The lowest BCUT2D eigenvalue weighted by Gasteiger charge is -2.38. The maximum atomic E-state index is 12.9. The van der Waals surface area contributed by atoms with Gasteiger partial charge in [-0.25, -0.2) is 4.98 Å². The molecule has 1 fully saturated rings. The Bertz CT molecular complexity index is 1040. The van der Waals surface area contributed by atoms with Gasteiger partial charge in [0.1, 0.15) is 5.52 Å². The number of amides is 1. The van der Waals surface area contributed by atoms with E-state index in [1.54, 1.807) is 12.1 Å². The van der Waals surface area contributed by atoms with Crippen molar-refractivity contribution in [2.45, 2.75) is 51.6 Å². The van der Waals surface area contributed by atoms with Crippen molar-refractivity contribution in [1.29, 1.82) is 0 Å². The van der Waals surface area contributed by atoms with Crippen LogP contribution in [-0.2, 0) is 0 Å². The maximum Gasteiger partial charge on any atom is 0.253 e. The zero-order valence-electron chi connectivity index (χ0n) is 17.7. The summed E-state index contributed by atoms with van der Waals surface area (Å²) in [4.78, 5) is 20.0. The summed E-state index contributed by atoms with van der Waals surface area (Å²) in [6.07, 6.45) is 4.61. The van der Waals surface area contributed by atoms with Crippen LogP contribution in [0.1, 0.15) is 48.5 Å². The van der Waals surface area contributed by atoms with Gasteiger partial charge >= 0.3 is 0 Å². The molecule has 0 aliphatic carbocycles. The summed E-state index contributed by atoms with van der Waals surface area (Å²) in [6.45, 7) is 4.92. The fourth-order valence-corrected chi connectivity index (χ4v) is 4.41. The molecule has 2 atom stereocenters. The third kappa shape index (κ3) is 4.37. The number of carbonyl (C=O) groups excluding carboxylic acids is 1. The Labute approximate surface area is 182 Å². The fourth-order valence-electron chi connectivity index (χ4n) is 4.20. The Kier molecular flexibility index (Phi) is 6.11. The Morgan fingerprint density at radius 3 is 2.80 bits per heavy atom. The van der Waals surface area contributed by atoms with Gasteiger partial charge in [-0.15, -0.1) is 0 Å². The normalized spacial score (nSPS) is 19.9. The van der Waals surface area contributed by atoms with Gasteiger partial charge in [-0.05, 0) is 58.4 Å². The van der Waals surface area contributed by atoms with Crippen molar-refractivity contribution in [3.8, 4) is 11.5 Å². The Hall–Kier alpha value is -2.37. The molecule has 6 heteroatoms. The third-order valence-corrected chi connectivity index (χ3v) is 6.41. The number of nitrogens with one attached hydrogen (secondary N) is 1. The predicted octanol–water partition coefficient (Wildman–Crippen LogP) is 5.45. The molecule has 4 rings (SSSR count). The van der Waals surface area contributed by atoms with Crippen molar-refractivity contribution in [3.05, 3.63) is 52.5 Å². The number of aromatic nitrogens is 1. The quantitative estimate of drug-likeness (QED) is 0.590. The van der Waals surface area contributed by atoms with Crippen LogP contribution < -0.4 is 5.32 Å². The van der Waals surface area contributed by atoms with Crippen LogP contribution in [0.25, 0.3) is 22.6 Å². The molecule has 1 N–H and O–H groups in total. The number of carbonyl (C=O) groups is 1. The van der Waals surface area contributed by atoms with Gasteiger partial charge in [0.15, 0.2) is 5.58 Å². The lowest BCUT2D eigenvalue weighted by Crippen LogP contribution is -2.43. The highest BCUT2D eigenvalue weighted by Crippen LogP contribution is 2.29. The predicted molar refractivity (Wildman–Crippen MR) is 121 cm³/mol. The average molecular weight is 426 g/mol. The number of nitrogens with zero attached hydrogens (tertiary/aromatic N) is 2. The third-order valence-electron chi connectivity index (χ3n) is 6.20. The van der Waals surface area contributed by atoms with E-state index in [1.165, 1.54) is 19.3 Å². The molecule has 0 bridgehead atoms. The molecule has 0 saturated carbocycles. The Morgan fingerprint density at radius 1 is 1.27 bits per heavy atom. The van der Waals surface area contributed by atoms with Crippen LogP contribution in [-0.4, -0.2) is 41.5 Å². The summed E-state index contributed by atoms with van der Waals surface area (Å²) >= 11 is 6.26. The van der Waals surface area contributed by atoms with Crippen LogP contribution in [0.15, 0.2) is 40.8 Å². The second-order valence-electron chi connectivity index (χ2n) is 8.33. The number of aryl methyl sites for hydroxylation is 1. The molecule has 0 spiro atoms. The highest BCUT2D eigenvalue weighted by molar-refractivity contribution is 6.32. The average Bonchev–Trinajstić information content (AvgIpc) is 3.14. The van der Waals surface area contributed by atoms with Crippen LogP contribution in [0.5, 0.6) is 0 Å². The molecule has 2 unspecified atom stereocenters. The van der Waals surface area contributed by atoms with Gasteiger partial charge in [-0.2, -0.15) is 0 Å². The lowest BCUT2D eigenvalue weighted by molar-refractivity contribution is 0.0932. The van der Waals surface area contributed by atoms with Crippen molar-refractivity contribution in [3.63, 3.8) is 0 Å². The highest BCUT2D eigenvalue weighted by atomic mass is 35.5. The van der Waals surface area contributed by atoms with E-state index in [9.17, 15) is 4.79 Å². The minimum absolute atomic E-state index is 0.169. The summed E-state index contributed by atoms with van der Waals surface area (Å²) in [5, 5.41) is 3.51. The first-order valence-corrected chi connectivity index (χ1v) is 11.0. The number of likely N-dealkylation sites (tertiary alicyclic amines) is 1. The van der Waals surface area contributed by atoms with Crippen molar-refractivity contribution >= 4 is 28.6 Å². The van der Waals surface area contributed by atoms with E-state index in [-0.39, 0.29) is 5.91 Å². The fraction of sp³-hybridized carbons (Fsp3) is 0.417. The zero-order chi connectivity index (χ0) is 21.3. The van der Waals surface area contributed by atoms with Gasteiger partial charge in [0, 0.05) is 35.3 Å². The van der Waals surface area contributed by atoms with Crippen molar-refractivity contribution in [2.24, 2.45) is 0 Å². The highest BCUT2D eigenvalue weighted by Gasteiger charge is 2.24. The molecular weight excluding hydrogens is 398 g/mol. The molecule has 30 heavy (non-hydrogen) atoms. The van der Waals surface area contributed by atoms with E-state index in [0.717, 1.165) is 17.5 Å². The maximum absolute atomic E-state index is 12.9. The first-order chi connectivity index (χ1) is 14.4. The molecule has 158 valence electrons. The number of piperidine rings is 1. The summed E-state index contributed by atoms with van der Waals surface area (Å²) in [6, 6.07) is 12.4. The first kappa shape index (κ1) is 20.9. The molecule has 0 radical (unpaired) electrons. The van der Waals surface area contributed by atoms with Gasteiger partial charge in [-0.3, -0.25) is 4.79 Å². The number of benzene rings is 2. The number of hydrogen-bond donors (Lipinski definition) is 1. The number of halogens is 1. The van der Waals surface area contributed by atoms with E-state index < -0.39 is 0 Å². The summed E-state index contributed by atoms with van der Waals surface area (Å²) in [5.41, 5.74) is 3.54. The van der Waals surface area contributed by atoms with E-state index in [0.29, 0.717) is 46.2 Å². The second kappa shape index (κ2) is 8.78. The van der Waals surface area contributed by atoms with Crippen LogP contribution in [0, 0.1) is 6.92 Å². The minimum Gasteiger partial charge on any atom is -0.436 e. The van der Waals surface area contributed by atoms with Crippen LogP contribution >= 0.6 is 11.6 Å². The minimum atomic E-state index is -0.169. The topological polar surface area (TPSA) is 58.4 Å². The summed E-state index contributed by atoms with van der Waals surface area (Å²) in [5.74, 6) is 0.317. The largest absolute Gasteiger partial charge is 0.436 e.